The first kappa shape index (κ1) is 12.9. The molecule has 92 valence electrons. The Morgan fingerprint density at radius 2 is 2.00 bits per heavy atom. The average molecular weight is 317 g/mol. The van der Waals surface area contributed by atoms with Crippen LogP contribution in [0.5, 0.6) is 0 Å². The third kappa shape index (κ3) is 2.64. The zero-order valence-electron chi connectivity index (χ0n) is 9.37. The second-order valence-corrected chi connectivity index (χ2v) is 5.22. The van der Waals surface area contributed by atoms with Crippen LogP contribution in [0.3, 0.4) is 0 Å². The van der Waals surface area contributed by atoms with Gasteiger partial charge in [0.25, 0.3) is 0 Å². The maximum atomic E-state index is 4.67. The molecule has 3 nitrogen and oxygen atoms in total. The Bertz CT molecular complexity index is 505. The summed E-state index contributed by atoms with van der Waals surface area (Å²) in [7, 11) is 0. The number of halogens is 2. The number of piperidine rings is 1. The molecule has 2 aromatic rings. The molecule has 0 amide bonds. The van der Waals surface area contributed by atoms with Crippen molar-refractivity contribution in [3.8, 4) is 0 Å². The van der Waals surface area contributed by atoms with Gasteiger partial charge in [0.1, 0.15) is 5.82 Å². The highest BCUT2D eigenvalue weighted by molar-refractivity contribution is 9.10. The lowest BCUT2D eigenvalue weighted by atomic mass is 9.98. The van der Waals surface area contributed by atoms with Crippen LogP contribution >= 0.6 is 28.3 Å². The van der Waals surface area contributed by atoms with E-state index >= 15 is 0 Å². The minimum Gasteiger partial charge on any atom is -0.342 e. The van der Waals surface area contributed by atoms with E-state index in [9.17, 15) is 0 Å². The van der Waals surface area contributed by atoms with Gasteiger partial charge in [-0.25, -0.2) is 4.98 Å². The van der Waals surface area contributed by atoms with Crippen LogP contribution in [0.1, 0.15) is 24.6 Å². The zero-order valence-corrected chi connectivity index (χ0v) is 11.8. The van der Waals surface area contributed by atoms with Gasteiger partial charge in [-0.2, -0.15) is 0 Å². The van der Waals surface area contributed by atoms with Crippen molar-refractivity contribution in [2.24, 2.45) is 0 Å². The van der Waals surface area contributed by atoms with Gasteiger partial charge in [0.05, 0.1) is 11.0 Å². The molecule has 1 saturated heterocycles. The van der Waals surface area contributed by atoms with Crippen molar-refractivity contribution in [3.63, 3.8) is 0 Å². The summed E-state index contributed by atoms with van der Waals surface area (Å²) in [6.07, 6.45) is 2.36. The Morgan fingerprint density at radius 3 is 2.76 bits per heavy atom. The molecule has 17 heavy (non-hydrogen) atoms. The molecule has 2 N–H and O–H groups in total. The smallest absolute Gasteiger partial charge is 0.110 e. The predicted octanol–water partition coefficient (Wildman–Crippen LogP) is 3.21. The first-order chi connectivity index (χ1) is 7.83. The number of fused-ring (bicyclic) bond motifs is 1. The summed E-state index contributed by atoms with van der Waals surface area (Å²) in [6, 6.07) is 6.18. The fourth-order valence-electron chi connectivity index (χ4n) is 2.29. The average Bonchev–Trinajstić information content (AvgIpc) is 2.73. The second-order valence-electron chi connectivity index (χ2n) is 4.31. The number of hydrogen-bond acceptors (Lipinski definition) is 2. The van der Waals surface area contributed by atoms with E-state index in [2.05, 4.69) is 43.3 Å². The van der Waals surface area contributed by atoms with Crippen LogP contribution < -0.4 is 5.32 Å². The van der Waals surface area contributed by atoms with E-state index in [0.717, 1.165) is 34.4 Å². The van der Waals surface area contributed by atoms with Gasteiger partial charge in [-0.05, 0) is 44.1 Å². The first-order valence-electron chi connectivity index (χ1n) is 5.69. The number of nitrogens with one attached hydrogen (secondary N) is 2. The van der Waals surface area contributed by atoms with Gasteiger partial charge in [-0.3, -0.25) is 0 Å². The highest BCUT2D eigenvalue weighted by Crippen LogP contribution is 2.26. The van der Waals surface area contributed by atoms with E-state index in [1.165, 1.54) is 12.8 Å². The molecule has 0 unspecified atom stereocenters. The molecule has 1 aromatic carbocycles. The summed E-state index contributed by atoms with van der Waals surface area (Å²) in [5.74, 6) is 1.74. The van der Waals surface area contributed by atoms with E-state index < -0.39 is 0 Å². The number of H-pyrrole nitrogens is 1. The molecule has 1 fully saturated rings. The summed E-state index contributed by atoms with van der Waals surface area (Å²) >= 11 is 3.48. The highest BCUT2D eigenvalue weighted by Gasteiger charge is 2.18. The van der Waals surface area contributed by atoms with Gasteiger partial charge in [0.2, 0.25) is 0 Å². The SMILES string of the molecule is Brc1ccc2nc(C3CCNCC3)[nH]c2c1.Cl. The normalized spacial score (nSPS) is 17.0. The fourth-order valence-corrected chi connectivity index (χ4v) is 2.65. The van der Waals surface area contributed by atoms with E-state index in [-0.39, 0.29) is 12.4 Å². The monoisotopic (exact) mass is 315 g/mol. The topological polar surface area (TPSA) is 40.7 Å². The molecule has 0 bridgehead atoms. The summed E-state index contributed by atoms with van der Waals surface area (Å²) < 4.78 is 1.10. The summed E-state index contributed by atoms with van der Waals surface area (Å²) in [5, 5.41) is 3.38. The molecule has 0 radical (unpaired) electrons. The Morgan fingerprint density at radius 1 is 1.24 bits per heavy atom. The standard InChI is InChI=1S/C12H14BrN3.ClH/c13-9-1-2-10-11(7-9)16-12(15-10)8-3-5-14-6-4-8;/h1-2,7-8,14H,3-6H2,(H,15,16);1H. The molecular formula is C12H15BrClN3. The maximum absolute atomic E-state index is 4.67. The number of nitrogens with zero attached hydrogens (tertiary/aromatic N) is 1. The molecule has 1 aliphatic rings. The third-order valence-corrected chi connectivity index (χ3v) is 3.68. The molecule has 3 rings (SSSR count). The zero-order chi connectivity index (χ0) is 11.0. The lowest BCUT2D eigenvalue weighted by Crippen LogP contribution is -2.27. The minimum absolute atomic E-state index is 0. The predicted molar refractivity (Wildman–Crippen MR) is 75.9 cm³/mol. The Balaban J connectivity index is 0.00000108. The molecule has 0 spiro atoms. The van der Waals surface area contributed by atoms with Gasteiger partial charge in [0, 0.05) is 10.4 Å². The van der Waals surface area contributed by atoms with Gasteiger partial charge < -0.3 is 10.3 Å². The van der Waals surface area contributed by atoms with E-state index in [1.54, 1.807) is 0 Å². The Hall–Kier alpha value is -0.580. The van der Waals surface area contributed by atoms with Gasteiger partial charge in [-0.15, -0.1) is 12.4 Å². The molecule has 1 aliphatic heterocycles. The molecule has 0 aliphatic carbocycles. The molecule has 0 saturated carbocycles. The maximum Gasteiger partial charge on any atom is 0.110 e. The first-order valence-corrected chi connectivity index (χ1v) is 6.48. The summed E-state index contributed by atoms with van der Waals surface area (Å²) in [6.45, 7) is 2.21. The number of aromatic nitrogens is 2. The quantitative estimate of drug-likeness (QED) is 0.848. The van der Waals surface area contributed by atoms with Crippen LogP contribution in [0.25, 0.3) is 11.0 Å². The number of aromatic amines is 1. The van der Waals surface area contributed by atoms with Crippen LogP contribution in [0, 0.1) is 0 Å². The van der Waals surface area contributed by atoms with Crippen LogP contribution in [0.4, 0.5) is 0 Å². The Labute approximate surface area is 115 Å². The number of rotatable bonds is 1. The molecule has 0 atom stereocenters. The number of hydrogen-bond donors (Lipinski definition) is 2. The van der Waals surface area contributed by atoms with Crippen molar-refractivity contribution >= 4 is 39.4 Å². The molecule has 5 heteroatoms. The molecule has 2 heterocycles. The second kappa shape index (κ2) is 5.38. The summed E-state index contributed by atoms with van der Waals surface area (Å²) in [4.78, 5) is 8.11. The largest absolute Gasteiger partial charge is 0.342 e. The van der Waals surface area contributed by atoms with Crippen molar-refractivity contribution < 1.29 is 0 Å². The van der Waals surface area contributed by atoms with Gasteiger partial charge >= 0.3 is 0 Å². The van der Waals surface area contributed by atoms with Crippen molar-refractivity contribution in [2.75, 3.05) is 13.1 Å². The van der Waals surface area contributed by atoms with Crippen LogP contribution in [-0.2, 0) is 0 Å². The summed E-state index contributed by atoms with van der Waals surface area (Å²) in [5.41, 5.74) is 2.19. The van der Waals surface area contributed by atoms with E-state index in [4.69, 9.17) is 0 Å². The van der Waals surface area contributed by atoms with Gasteiger partial charge in [0.15, 0.2) is 0 Å². The molecular weight excluding hydrogens is 302 g/mol. The minimum atomic E-state index is 0. The van der Waals surface area contributed by atoms with Crippen molar-refractivity contribution in [1.82, 2.24) is 15.3 Å². The van der Waals surface area contributed by atoms with Crippen molar-refractivity contribution in [1.29, 1.82) is 0 Å². The highest BCUT2D eigenvalue weighted by atomic mass is 79.9. The van der Waals surface area contributed by atoms with Crippen LogP contribution in [-0.4, -0.2) is 23.1 Å². The van der Waals surface area contributed by atoms with Gasteiger partial charge in [-0.1, -0.05) is 15.9 Å². The Kier molecular flexibility index (Phi) is 4.07. The third-order valence-electron chi connectivity index (χ3n) is 3.19. The lowest BCUT2D eigenvalue weighted by molar-refractivity contribution is 0.448. The number of benzene rings is 1. The molecule has 1 aromatic heterocycles. The van der Waals surface area contributed by atoms with Crippen molar-refractivity contribution in [3.05, 3.63) is 28.5 Å². The number of imidazole rings is 1. The van der Waals surface area contributed by atoms with Crippen molar-refractivity contribution in [2.45, 2.75) is 18.8 Å². The van der Waals surface area contributed by atoms with Crippen LogP contribution in [0.15, 0.2) is 22.7 Å². The van der Waals surface area contributed by atoms with Crippen LogP contribution in [0.2, 0.25) is 0 Å². The van der Waals surface area contributed by atoms with E-state index in [0.29, 0.717) is 5.92 Å². The lowest BCUT2D eigenvalue weighted by Gasteiger charge is -2.20. The van der Waals surface area contributed by atoms with E-state index in [1.807, 2.05) is 6.07 Å². The fraction of sp³-hybridized carbons (Fsp3) is 0.417.